The first-order valence-corrected chi connectivity index (χ1v) is 9.85. The highest BCUT2D eigenvalue weighted by Gasteiger charge is 2.31. The Bertz CT molecular complexity index is 802. The number of benzene rings is 1. The normalized spacial score (nSPS) is 17.4. The van der Waals surface area contributed by atoms with Crippen LogP contribution in [0.25, 0.3) is 0 Å². The van der Waals surface area contributed by atoms with Crippen LogP contribution in [0.15, 0.2) is 36.5 Å². The summed E-state index contributed by atoms with van der Waals surface area (Å²) in [6.45, 7) is 1.31. The van der Waals surface area contributed by atoms with Gasteiger partial charge in [0.05, 0.1) is 6.16 Å². The van der Waals surface area contributed by atoms with Gasteiger partial charge >= 0.3 is 7.60 Å². The van der Waals surface area contributed by atoms with Crippen molar-refractivity contribution in [3.8, 4) is 0 Å². The molecule has 1 amide bonds. The van der Waals surface area contributed by atoms with Gasteiger partial charge in [0.25, 0.3) is 5.91 Å². The molecule has 8 nitrogen and oxygen atoms in total. The van der Waals surface area contributed by atoms with Crippen LogP contribution in [0, 0.1) is 0 Å². The number of nitrogens with zero attached hydrogens (tertiary/aromatic N) is 3. The van der Waals surface area contributed by atoms with Gasteiger partial charge in [-0.1, -0.05) is 30.3 Å². The summed E-state index contributed by atoms with van der Waals surface area (Å²) in [5, 5.41) is 0. The molecule has 1 aromatic carbocycles. The van der Waals surface area contributed by atoms with E-state index in [1.807, 2.05) is 35.2 Å². The van der Waals surface area contributed by atoms with E-state index in [0.29, 0.717) is 25.5 Å². The zero-order valence-electron chi connectivity index (χ0n) is 13.7. The molecule has 1 unspecified atom stereocenters. The molecule has 1 atom stereocenters. The summed E-state index contributed by atoms with van der Waals surface area (Å²) in [5.41, 5.74) is 6.62. The van der Waals surface area contributed by atoms with Crippen molar-refractivity contribution in [3.63, 3.8) is 0 Å². The molecule has 1 aliphatic rings. The number of fused-ring (bicyclic) bond motifs is 1. The maximum atomic E-state index is 11.5. The maximum absolute atomic E-state index is 11.5. The average molecular weight is 364 g/mol. The number of amides is 1. The molecule has 134 valence electrons. The Balaban J connectivity index is 1.83. The summed E-state index contributed by atoms with van der Waals surface area (Å²) >= 11 is 0. The van der Waals surface area contributed by atoms with Gasteiger partial charge in [-0.25, -0.2) is 4.98 Å². The van der Waals surface area contributed by atoms with E-state index in [1.165, 1.54) is 11.8 Å². The van der Waals surface area contributed by atoms with Crippen molar-refractivity contribution in [3.05, 3.63) is 47.8 Å². The molecule has 0 radical (unpaired) electrons. The third kappa shape index (κ3) is 4.28. The van der Waals surface area contributed by atoms with Gasteiger partial charge in [0.2, 0.25) is 5.95 Å². The fourth-order valence-electron chi connectivity index (χ4n) is 3.12. The van der Waals surface area contributed by atoms with Crippen LogP contribution in [-0.2, 0) is 11.0 Å². The van der Waals surface area contributed by atoms with Crippen molar-refractivity contribution in [2.24, 2.45) is 5.73 Å². The lowest BCUT2D eigenvalue weighted by Gasteiger charge is -2.34. The van der Waals surface area contributed by atoms with E-state index >= 15 is 0 Å². The lowest BCUT2D eigenvalue weighted by molar-refractivity contribution is 0.0996. The summed E-state index contributed by atoms with van der Waals surface area (Å²) in [7, 11) is -4.17. The monoisotopic (exact) mass is 364 g/mol. The number of aromatic nitrogens is 2. The van der Waals surface area contributed by atoms with E-state index in [-0.39, 0.29) is 11.9 Å². The number of carbonyl (C=O) groups excluding carboxylic acids is 1. The summed E-state index contributed by atoms with van der Waals surface area (Å²) < 4.78 is 13.1. The molecule has 0 fully saturated rings. The molecule has 3 rings (SSSR count). The van der Waals surface area contributed by atoms with Crippen molar-refractivity contribution in [2.45, 2.75) is 18.9 Å². The molecule has 2 heterocycles. The Morgan fingerprint density at radius 1 is 1.32 bits per heavy atom. The molecular formula is C16H21N4O4P. The van der Waals surface area contributed by atoms with E-state index in [1.54, 1.807) is 4.57 Å². The van der Waals surface area contributed by atoms with Gasteiger partial charge in [-0.05, 0) is 18.4 Å². The second-order valence-electron chi connectivity index (χ2n) is 6.21. The Hall–Kier alpha value is -2.15. The Morgan fingerprint density at radius 2 is 2.04 bits per heavy atom. The summed E-state index contributed by atoms with van der Waals surface area (Å²) in [6.07, 6.45) is 2.60. The van der Waals surface area contributed by atoms with Gasteiger partial charge < -0.3 is 25.0 Å². The maximum Gasteiger partial charge on any atom is 0.327 e. The Morgan fingerprint density at radius 3 is 2.68 bits per heavy atom. The Kier molecular flexibility index (Phi) is 4.94. The molecule has 4 N–H and O–H groups in total. The molecule has 1 aromatic heterocycles. The van der Waals surface area contributed by atoms with E-state index in [0.717, 1.165) is 6.42 Å². The molecule has 2 aromatic rings. The standard InChI is InChI=1S/C16H21N4O4P/c17-15(21)14-10-20-13(11-25(22,23)24)7-9-19(16(20)18-14)8-6-12-4-2-1-3-5-12/h1-5,10,13H,6-9,11H2,(H2,17,21)(H2,22,23,24). The first kappa shape index (κ1) is 17.7. The van der Waals surface area contributed by atoms with Crippen LogP contribution < -0.4 is 10.6 Å². The lowest BCUT2D eigenvalue weighted by atomic mass is 10.1. The van der Waals surface area contributed by atoms with Crippen molar-refractivity contribution >= 4 is 19.5 Å². The van der Waals surface area contributed by atoms with Crippen LogP contribution in [0.5, 0.6) is 0 Å². The quantitative estimate of drug-likeness (QED) is 0.661. The number of nitrogens with two attached hydrogens (primary N) is 1. The fraction of sp³-hybridized carbons (Fsp3) is 0.375. The topological polar surface area (TPSA) is 122 Å². The molecule has 0 saturated carbocycles. The second-order valence-corrected chi connectivity index (χ2v) is 7.90. The molecule has 1 aliphatic heterocycles. The summed E-state index contributed by atoms with van der Waals surface area (Å²) in [6, 6.07) is 9.61. The van der Waals surface area contributed by atoms with Gasteiger partial charge in [-0.3, -0.25) is 9.36 Å². The molecule has 0 aliphatic carbocycles. The highest BCUT2D eigenvalue weighted by molar-refractivity contribution is 7.51. The number of anilines is 1. The van der Waals surface area contributed by atoms with Crippen LogP contribution in [-0.4, -0.2) is 44.5 Å². The minimum atomic E-state index is -4.17. The SMILES string of the molecule is NC(=O)c1cn2c(n1)N(CCc1ccccc1)CCC2CP(=O)(O)O. The zero-order valence-corrected chi connectivity index (χ0v) is 14.5. The minimum absolute atomic E-state index is 0.109. The summed E-state index contributed by atoms with van der Waals surface area (Å²) in [4.78, 5) is 36.4. The van der Waals surface area contributed by atoms with Gasteiger partial charge in [0.1, 0.15) is 5.69 Å². The average Bonchev–Trinajstić information content (AvgIpc) is 3.00. The largest absolute Gasteiger partial charge is 0.364 e. The second kappa shape index (κ2) is 7.00. The molecule has 0 saturated heterocycles. The minimum Gasteiger partial charge on any atom is -0.364 e. The predicted molar refractivity (Wildman–Crippen MR) is 93.7 cm³/mol. The van der Waals surface area contributed by atoms with Crippen LogP contribution in [0.1, 0.15) is 28.5 Å². The lowest BCUT2D eigenvalue weighted by Crippen LogP contribution is -2.37. The summed E-state index contributed by atoms with van der Waals surface area (Å²) in [5.74, 6) is -0.116. The predicted octanol–water partition coefficient (Wildman–Crippen LogP) is 1.15. The van der Waals surface area contributed by atoms with E-state index in [4.69, 9.17) is 5.73 Å². The van der Waals surface area contributed by atoms with Crippen molar-refractivity contribution in [1.82, 2.24) is 9.55 Å². The van der Waals surface area contributed by atoms with E-state index < -0.39 is 19.5 Å². The van der Waals surface area contributed by atoms with Crippen molar-refractivity contribution in [1.29, 1.82) is 0 Å². The number of imidazole rings is 1. The smallest absolute Gasteiger partial charge is 0.327 e. The Labute approximate surface area is 145 Å². The molecule has 25 heavy (non-hydrogen) atoms. The number of carbonyl (C=O) groups is 1. The first-order valence-electron chi connectivity index (χ1n) is 8.05. The number of rotatable bonds is 6. The highest BCUT2D eigenvalue weighted by Crippen LogP contribution is 2.42. The van der Waals surface area contributed by atoms with Gasteiger partial charge in [0.15, 0.2) is 0 Å². The van der Waals surface area contributed by atoms with Crippen LogP contribution in [0.3, 0.4) is 0 Å². The van der Waals surface area contributed by atoms with Crippen LogP contribution >= 0.6 is 7.60 Å². The van der Waals surface area contributed by atoms with Gasteiger partial charge in [-0.2, -0.15) is 0 Å². The van der Waals surface area contributed by atoms with E-state index in [9.17, 15) is 19.1 Å². The van der Waals surface area contributed by atoms with Crippen molar-refractivity contribution in [2.75, 3.05) is 24.2 Å². The van der Waals surface area contributed by atoms with Gasteiger partial charge in [-0.15, -0.1) is 0 Å². The fourth-order valence-corrected chi connectivity index (χ4v) is 4.03. The first-order chi connectivity index (χ1) is 11.8. The van der Waals surface area contributed by atoms with E-state index in [2.05, 4.69) is 4.98 Å². The van der Waals surface area contributed by atoms with Crippen LogP contribution in [0.2, 0.25) is 0 Å². The zero-order chi connectivity index (χ0) is 18.0. The number of hydrogen-bond donors (Lipinski definition) is 3. The third-order valence-electron chi connectivity index (χ3n) is 4.34. The van der Waals surface area contributed by atoms with Crippen LogP contribution in [0.4, 0.5) is 5.95 Å². The van der Waals surface area contributed by atoms with Crippen molar-refractivity contribution < 1.29 is 19.1 Å². The number of hydrogen-bond acceptors (Lipinski definition) is 4. The molecule has 0 spiro atoms. The third-order valence-corrected chi connectivity index (χ3v) is 5.23. The molecular weight excluding hydrogens is 343 g/mol. The molecule has 9 heteroatoms. The van der Waals surface area contributed by atoms with Gasteiger partial charge in [0, 0.05) is 25.3 Å². The number of primary amides is 1. The highest BCUT2D eigenvalue weighted by atomic mass is 31.2. The molecule has 0 bridgehead atoms.